The Morgan fingerprint density at radius 3 is 2.69 bits per heavy atom. The number of sulfone groups is 1. The number of carbonyl (C=O) groups is 1. The van der Waals surface area contributed by atoms with Crippen molar-refractivity contribution in [2.45, 2.75) is 38.3 Å². The highest BCUT2D eigenvalue weighted by Gasteiger charge is 2.22. The van der Waals surface area contributed by atoms with Crippen LogP contribution in [-0.2, 0) is 14.6 Å². The van der Waals surface area contributed by atoms with Gasteiger partial charge in [-0.3, -0.25) is 4.79 Å². The van der Waals surface area contributed by atoms with Crippen molar-refractivity contribution in [1.29, 1.82) is 0 Å². The van der Waals surface area contributed by atoms with E-state index >= 15 is 0 Å². The smallest absolute Gasteiger partial charge is 0.237 e. The molecule has 2 atom stereocenters. The first-order valence-electron chi connectivity index (χ1n) is 5.60. The number of nitrogens with one attached hydrogen (secondary N) is 2. The Morgan fingerprint density at radius 1 is 1.50 bits per heavy atom. The van der Waals surface area contributed by atoms with Crippen molar-refractivity contribution in [2.75, 3.05) is 18.6 Å². The summed E-state index contributed by atoms with van der Waals surface area (Å²) >= 11 is 0. The molecular formula is C10H20N2O3S. The molecule has 1 aliphatic heterocycles. The van der Waals surface area contributed by atoms with Gasteiger partial charge in [-0.1, -0.05) is 6.42 Å². The third kappa shape index (κ3) is 4.94. The molecule has 0 spiro atoms. The maximum atomic E-state index is 11.7. The van der Waals surface area contributed by atoms with E-state index in [0.717, 1.165) is 25.8 Å². The van der Waals surface area contributed by atoms with Crippen LogP contribution in [0.15, 0.2) is 0 Å². The lowest BCUT2D eigenvalue weighted by Crippen LogP contribution is -2.50. The first kappa shape index (κ1) is 13.4. The van der Waals surface area contributed by atoms with Gasteiger partial charge in [-0.25, -0.2) is 8.42 Å². The van der Waals surface area contributed by atoms with Crippen LogP contribution in [0, 0.1) is 0 Å². The molecule has 1 aliphatic rings. The highest BCUT2D eigenvalue weighted by molar-refractivity contribution is 7.90. The number of carbonyl (C=O) groups excluding carboxylic acids is 1. The van der Waals surface area contributed by atoms with Crippen LogP contribution in [0.2, 0.25) is 0 Å². The highest BCUT2D eigenvalue weighted by atomic mass is 32.2. The summed E-state index contributed by atoms with van der Waals surface area (Å²) in [6.07, 6.45) is 4.15. The molecule has 1 saturated heterocycles. The summed E-state index contributed by atoms with van der Waals surface area (Å²) < 4.78 is 22.1. The summed E-state index contributed by atoms with van der Waals surface area (Å²) in [5.41, 5.74) is 0. The molecule has 16 heavy (non-hydrogen) atoms. The minimum Gasteiger partial charge on any atom is -0.351 e. The van der Waals surface area contributed by atoms with Gasteiger partial charge in [0.2, 0.25) is 5.91 Å². The van der Waals surface area contributed by atoms with Crippen molar-refractivity contribution in [3.05, 3.63) is 0 Å². The number of hydrogen-bond donors (Lipinski definition) is 2. The number of hydrogen-bond acceptors (Lipinski definition) is 4. The van der Waals surface area contributed by atoms with Crippen molar-refractivity contribution in [1.82, 2.24) is 10.6 Å². The average molecular weight is 248 g/mol. The molecule has 0 aromatic heterocycles. The van der Waals surface area contributed by atoms with Crippen LogP contribution in [0.1, 0.15) is 26.2 Å². The van der Waals surface area contributed by atoms with E-state index < -0.39 is 9.84 Å². The van der Waals surface area contributed by atoms with Gasteiger partial charge >= 0.3 is 0 Å². The minimum absolute atomic E-state index is 0.00847. The first-order chi connectivity index (χ1) is 7.38. The molecule has 5 nitrogen and oxygen atoms in total. The maximum absolute atomic E-state index is 11.7. The van der Waals surface area contributed by atoms with E-state index in [1.54, 1.807) is 6.92 Å². The van der Waals surface area contributed by atoms with Crippen LogP contribution in [0.5, 0.6) is 0 Å². The van der Waals surface area contributed by atoms with Crippen molar-refractivity contribution in [2.24, 2.45) is 0 Å². The zero-order valence-corrected chi connectivity index (χ0v) is 10.6. The second-order valence-electron chi connectivity index (χ2n) is 4.50. The molecule has 0 aromatic carbocycles. The Hall–Kier alpha value is -0.620. The molecule has 0 radical (unpaired) electrons. The fourth-order valence-electron chi connectivity index (χ4n) is 1.91. The third-order valence-electron chi connectivity index (χ3n) is 2.57. The Balaban J connectivity index is 2.38. The predicted molar refractivity (Wildman–Crippen MR) is 63.0 cm³/mol. The fraction of sp³-hybridized carbons (Fsp3) is 0.900. The monoisotopic (exact) mass is 248 g/mol. The van der Waals surface area contributed by atoms with Gasteiger partial charge in [-0.15, -0.1) is 0 Å². The summed E-state index contributed by atoms with van der Waals surface area (Å²) in [5.74, 6) is -0.0956. The van der Waals surface area contributed by atoms with Crippen LogP contribution in [0.4, 0.5) is 0 Å². The van der Waals surface area contributed by atoms with E-state index in [2.05, 4.69) is 10.6 Å². The van der Waals surface area contributed by atoms with Crippen LogP contribution >= 0.6 is 0 Å². The minimum atomic E-state index is -3.03. The molecule has 1 rings (SSSR count). The zero-order chi connectivity index (χ0) is 12.2. The Morgan fingerprint density at radius 2 is 2.19 bits per heavy atom. The molecule has 0 aliphatic carbocycles. The van der Waals surface area contributed by atoms with Gasteiger partial charge in [-0.2, -0.15) is 0 Å². The summed E-state index contributed by atoms with van der Waals surface area (Å²) in [4.78, 5) is 11.7. The lowest BCUT2D eigenvalue weighted by molar-refractivity contribution is -0.124. The molecule has 0 aromatic rings. The van der Waals surface area contributed by atoms with Crippen molar-refractivity contribution >= 4 is 15.7 Å². The van der Waals surface area contributed by atoms with Crippen molar-refractivity contribution < 1.29 is 13.2 Å². The third-order valence-corrected chi connectivity index (χ3v) is 3.67. The second kappa shape index (κ2) is 5.63. The molecule has 0 bridgehead atoms. The normalized spacial score (nSPS) is 23.8. The van der Waals surface area contributed by atoms with Gasteiger partial charge in [0.15, 0.2) is 0 Å². The molecule has 1 fully saturated rings. The van der Waals surface area contributed by atoms with E-state index in [-0.39, 0.29) is 23.7 Å². The van der Waals surface area contributed by atoms with E-state index in [0.29, 0.717) is 0 Å². The molecule has 0 saturated carbocycles. The predicted octanol–water partition coefficient (Wildman–Crippen LogP) is -0.322. The van der Waals surface area contributed by atoms with Gasteiger partial charge in [0.25, 0.3) is 0 Å². The molecule has 1 amide bonds. The summed E-state index contributed by atoms with van der Waals surface area (Å²) in [7, 11) is -3.03. The maximum Gasteiger partial charge on any atom is 0.237 e. The van der Waals surface area contributed by atoms with E-state index in [9.17, 15) is 13.2 Å². The molecule has 2 N–H and O–H groups in total. The van der Waals surface area contributed by atoms with E-state index in [1.165, 1.54) is 6.26 Å². The highest BCUT2D eigenvalue weighted by Crippen LogP contribution is 2.07. The van der Waals surface area contributed by atoms with E-state index in [1.807, 2.05) is 0 Å². The summed E-state index contributed by atoms with van der Waals surface area (Å²) in [6, 6.07) is -0.484. The fourth-order valence-corrected chi connectivity index (χ4v) is 2.91. The Bertz CT molecular complexity index is 334. The van der Waals surface area contributed by atoms with Crippen LogP contribution in [-0.4, -0.2) is 45.0 Å². The van der Waals surface area contributed by atoms with E-state index in [4.69, 9.17) is 0 Å². The average Bonchev–Trinajstić information content (AvgIpc) is 2.16. The van der Waals surface area contributed by atoms with Crippen molar-refractivity contribution in [3.63, 3.8) is 0 Å². The zero-order valence-electron chi connectivity index (χ0n) is 9.82. The summed E-state index contributed by atoms with van der Waals surface area (Å²) in [6.45, 7) is 2.57. The largest absolute Gasteiger partial charge is 0.351 e. The van der Waals surface area contributed by atoms with Gasteiger partial charge in [-0.05, 0) is 26.3 Å². The second-order valence-corrected chi connectivity index (χ2v) is 6.69. The lowest BCUT2D eigenvalue weighted by Gasteiger charge is -2.24. The van der Waals surface area contributed by atoms with Gasteiger partial charge in [0, 0.05) is 12.3 Å². The Kier molecular flexibility index (Phi) is 4.73. The van der Waals surface area contributed by atoms with Crippen LogP contribution in [0.3, 0.4) is 0 Å². The number of amides is 1. The van der Waals surface area contributed by atoms with Gasteiger partial charge < -0.3 is 10.6 Å². The lowest BCUT2D eigenvalue weighted by atomic mass is 10.0. The summed E-state index contributed by atoms with van der Waals surface area (Å²) in [5, 5.41) is 5.85. The SMILES string of the molecule is CC(CS(C)(=O)=O)NC(=O)[C@@H]1CCCCN1. The number of rotatable bonds is 4. The molecule has 1 heterocycles. The Labute approximate surface area is 96.9 Å². The molecule has 94 valence electrons. The standard InChI is InChI=1S/C10H20N2O3S/c1-8(7-16(2,14)15)12-10(13)9-5-3-4-6-11-9/h8-9,11H,3-7H2,1-2H3,(H,12,13)/t8?,9-/m0/s1. The topological polar surface area (TPSA) is 75.3 Å². The van der Waals surface area contributed by atoms with Gasteiger partial charge in [0.1, 0.15) is 9.84 Å². The van der Waals surface area contributed by atoms with Crippen molar-refractivity contribution in [3.8, 4) is 0 Å². The van der Waals surface area contributed by atoms with Gasteiger partial charge in [0.05, 0.1) is 11.8 Å². The molecular weight excluding hydrogens is 228 g/mol. The van der Waals surface area contributed by atoms with Crippen LogP contribution < -0.4 is 10.6 Å². The molecule has 1 unspecified atom stereocenters. The first-order valence-corrected chi connectivity index (χ1v) is 7.66. The quantitative estimate of drug-likeness (QED) is 0.715. The van der Waals surface area contributed by atoms with Crippen LogP contribution in [0.25, 0.3) is 0 Å². The molecule has 6 heteroatoms. The number of piperidine rings is 1.